The van der Waals surface area contributed by atoms with Crippen LogP contribution in [0.25, 0.3) is 0 Å². The number of para-hydroxylation sites is 2. The zero-order valence-corrected chi connectivity index (χ0v) is 17.7. The van der Waals surface area contributed by atoms with Gasteiger partial charge in [0.25, 0.3) is 11.8 Å². The molecule has 1 fully saturated rings. The lowest BCUT2D eigenvalue weighted by molar-refractivity contribution is 0.0774. The maximum absolute atomic E-state index is 12.7. The molecular formula is C22H24N6O3. The lowest BCUT2D eigenvalue weighted by atomic mass is 10.1. The molecule has 1 unspecified atom stereocenters. The number of methoxy groups -OCH3 is 1. The Morgan fingerprint density at radius 1 is 1.23 bits per heavy atom. The molecule has 9 heteroatoms. The van der Waals surface area contributed by atoms with Gasteiger partial charge in [0.15, 0.2) is 5.82 Å². The molecule has 9 nitrogen and oxygen atoms in total. The van der Waals surface area contributed by atoms with E-state index in [2.05, 4.69) is 20.3 Å². The van der Waals surface area contributed by atoms with Gasteiger partial charge in [-0.3, -0.25) is 9.59 Å². The van der Waals surface area contributed by atoms with Crippen LogP contribution >= 0.6 is 0 Å². The van der Waals surface area contributed by atoms with Crippen LogP contribution in [-0.4, -0.2) is 56.4 Å². The van der Waals surface area contributed by atoms with Crippen LogP contribution in [-0.2, 0) is 7.05 Å². The maximum Gasteiger partial charge on any atom is 0.289 e. The van der Waals surface area contributed by atoms with Crippen molar-refractivity contribution in [2.75, 3.05) is 25.5 Å². The quantitative estimate of drug-likeness (QED) is 0.680. The van der Waals surface area contributed by atoms with Gasteiger partial charge in [0.1, 0.15) is 11.6 Å². The van der Waals surface area contributed by atoms with E-state index in [1.165, 1.54) is 0 Å². The monoisotopic (exact) mass is 420 g/mol. The first-order valence-electron chi connectivity index (χ1n) is 10.0. The molecule has 1 atom stereocenters. The predicted molar refractivity (Wildman–Crippen MR) is 114 cm³/mol. The van der Waals surface area contributed by atoms with Crippen LogP contribution in [0.5, 0.6) is 5.75 Å². The molecular weight excluding hydrogens is 396 g/mol. The molecule has 1 aromatic carbocycles. The van der Waals surface area contributed by atoms with Crippen molar-refractivity contribution >= 4 is 17.5 Å². The average molecular weight is 420 g/mol. The second-order valence-electron chi connectivity index (χ2n) is 7.48. The summed E-state index contributed by atoms with van der Waals surface area (Å²) in [7, 11) is 3.35. The molecule has 1 aliphatic heterocycles. The molecule has 4 rings (SSSR count). The number of aryl methyl sites for hydroxylation is 2. The van der Waals surface area contributed by atoms with Crippen LogP contribution in [0.3, 0.4) is 0 Å². The second kappa shape index (κ2) is 8.55. The minimum absolute atomic E-state index is 0.0225. The number of ether oxygens (including phenoxy) is 1. The van der Waals surface area contributed by atoms with Crippen LogP contribution in [0, 0.1) is 6.92 Å². The molecule has 0 spiro atoms. The number of benzene rings is 1. The van der Waals surface area contributed by atoms with Gasteiger partial charge in [-0.25, -0.2) is 15.0 Å². The Labute approximate surface area is 180 Å². The van der Waals surface area contributed by atoms with E-state index in [1.54, 1.807) is 61.3 Å². The molecule has 1 aliphatic rings. The van der Waals surface area contributed by atoms with Gasteiger partial charge in [0.05, 0.1) is 24.1 Å². The normalized spacial score (nSPS) is 15.7. The van der Waals surface area contributed by atoms with Crippen LogP contribution < -0.4 is 10.1 Å². The standard InChI is InChI=1S/C22H24N6O3/c1-14-16(21(29)26-17-6-4-5-7-18(17)31-3)12-24-19(25-14)15-8-10-28(13-15)22(30)20-23-9-11-27(20)2/h4-7,9,11-12,15H,8,10,13H2,1-3H3,(H,26,29). The van der Waals surface area contributed by atoms with Gasteiger partial charge in [-0.15, -0.1) is 0 Å². The van der Waals surface area contributed by atoms with Gasteiger partial charge in [-0.1, -0.05) is 12.1 Å². The molecule has 0 bridgehead atoms. The molecule has 1 N–H and O–H groups in total. The largest absolute Gasteiger partial charge is 0.495 e. The Hall–Kier alpha value is -3.75. The number of nitrogens with zero attached hydrogens (tertiary/aromatic N) is 5. The number of carbonyl (C=O) groups excluding carboxylic acids is 2. The second-order valence-corrected chi connectivity index (χ2v) is 7.48. The Kier molecular flexibility index (Phi) is 5.66. The first-order valence-corrected chi connectivity index (χ1v) is 10.0. The molecule has 31 heavy (non-hydrogen) atoms. The third-order valence-electron chi connectivity index (χ3n) is 5.45. The van der Waals surface area contributed by atoms with Crippen LogP contribution in [0.2, 0.25) is 0 Å². The highest BCUT2D eigenvalue weighted by atomic mass is 16.5. The van der Waals surface area contributed by atoms with Crippen LogP contribution in [0.1, 0.15) is 44.8 Å². The molecule has 0 saturated carbocycles. The van der Waals surface area contributed by atoms with Gasteiger partial charge < -0.3 is 19.5 Å². The highest BCUT2D eigenvalue weighted by Gasteiger charge is 2.31. The van der Waals surface area contributed by atoms with E-state index in [9.17, 15) is 9.59 Å². The minimum atomic E-state index is -0.299. The van der Waals surface area contributed by atoms with E-state index in [0.29, 0.717) is 47.4 Å². The Bertz CT molecular complexity index is 1130. The predicted octanol–water partition coefficient (Wildman–Crippen LogP) is 2.41. The summed E-state index contributed by atoms with van der Waals surface area (Å²) >= 11 is 0. The lowest BCUT2D eigenvalue weighted by Crippen LogP contribution is -2.30. The number of anilines is 1. The molecule has 3 aromatic rings. The van der Waals surface area contributed by atoms with Crippen molar-refractivity contribution in [3.8, 4) is 5.75 Å². The third-order valence-corrected chi connectivity index (χ3v) is 5.45. The van der Waals surface area contributed by atoms with Crippen molar-refractivity contribution < 1.29 is 14.3 Å². The zero-order chi connectivity index (χ0) is 22.0. The number of nitrogens with one attached hydrogen (secondary N) is 1. The summed E-state index contributed by atoms with van der Waals surface area (Å²) < 4.78 is 6.99. The van der Waals surface area contributed by atoms with Gasteiger partial charge in [0, 0.05) is 44.6 Å². The van der Waals surface area contributed by atoms with E-state index in [1.807, 2.05) is 12.1 Å². The van der Waals surface area contributed by atoms with Crippen molar-refractivity contribution in [2.45, 2.75) is 19.3 Å². The van der Waals surface area contributed by atoms with Crippen molar-refractivity contribution in [1.29, 1.82) is 0 Å². The van der Waals surface area contributed by atoms with E-state index in [4.69, 9.17) is 4.74 Å². The number of carbonyl (C=O) groups is 2. The fourth-order valence-corrected chi connectivity index (χ4v) is 3.71. The summed E-state index contributed by atoms with van der Waals surface area (Å²) in [6.45, 7) is 2.93. The number of rotatable bonds is 5. The van der Waals surface area contributed by atoms with Crippen molar-refractivity contribution in [2.24, 2.45) is 7.05 Å². The SMILES string of the molecule is COc1ccccc1NC(=O)c1cnc(C2CCN(C(=O)c3nccn3C)C2)nc1C. The summed E-state index contributed by atoms with van der Waals surface area (Å²) in [5.41, 5.74) is 1.57. The summed E-state index contributed by atoms with van der Waals surface area (Å²) in [6.07, 6.45) is 5.68. The lowest BCUT2D eigenvalue weighted by Gasteiger charge is -2.16. The van der Waals surface area contributed by atoms with Gasteiger partial charge in [-0.2, -0.15) is 0 Å². The molecule has 0 radical (unpaired) electrons. The fourth-order valence-electron chi connectivity index (χ4n) is 3.71. The smallest absolute Gasteiger partial charge is 0.289 e. The molecule has 1 saturated heterocycles. The van der Waals surface area contributed by atoms with E-state index in [-0.39, 0.29) is 17.7 Å². The highest BCUT2D eigenvalue weighted by molar-refractivity contribution is 6.05. The number of aromatic nitrogens is 4. The number of hydrogen-bond donors (Lipinski definition) is 1. The number of imidazole rings is 1. The van der Waals surface area contributed by atoms with Crippen molar-refractivity contribution in [1.82, 2.24) is 24.4 Å². The van der Waals surface area contributed by atoms with Crippen LogP contribution in [0.4, 0.5) is 5.69 Å². The van der Waals surface area contributed by atoms with Crippen molar-refractivity contribution in [3.63, 3.8) is 0 Å². The maximum atomic E-state index is 12.7. The topological polar surface area (TPSA) is 102 Å². The van der Waals surface area contributed by atoms with E-state index < -0.39 is 0 Å². The summed E-state index contributed by atoms with van der Waals surface area (Å²) in [6, 6.07) is 7.21. The molecule has 0 aliphatic carbocycles. The molecule has 3 heterocycles. The zero-order valence-electron chi connectivity index (χ0n) is 17.7. The highest BCUT2D eigenvalue weighted by Crippen LogP contribution is 2.27. The van der Waals surface area contributed by atoms with Crippen LogP contribution in [0.15, 0.2) is 42.9 Å². The van der Waals surface area contributed by atoms with Gasteiger partial charge in [-0.05, 0) is 25.5 Å². The first-order chi connectivity index (χ1) is 15.0. The number of amides is 2. The average Bonchev–Trinajstić information content (AvgIpc) is 3.43. The van der Waals surface area contributed by atoms with Gasteiger partial charge in [0.2, 0.25) is 0 Å². The minimum Gasteiger partial charge on any atom is -0.495 e. The first kappa shape index (κ1) is 20.5. The molecule has 2 aromatic heterocycles. The Morgan fingerprint density at radius 3 is 2.74 bits per heavy atom. The van der Waals surface area contributed by atoms with E-state index in [0.717, 1.165) is 6.42 Å². The molecule has 2 amide bonds. The van der Waals surface area contributed by atoms with Gasteiger partial charge >= 0.3 is 0 Å². The number of hydrogen-bond acceptors (Lipinski definition) is 6. The molecule has 160 valence electrons. The van der Waals surface area contributed by atoms with Crippen molar-refractivity contribution in [3.05, 3.63) is 65.8 Å². The Balaban J connectivity index is 1.46. The summed E-state index contributed by atoms with van der Waals surface area (Å²) in [5.74, 6) is 1.26. The number of likely N-dealkylation sites (tertiary alicyclic amines) is 1. The summed E-state index contributed by atoms with van der Waals surface area (Å²) in [4.78, 5) is 40.3. The fraction of sp³-hybridized carbons (Fsp3) is 0.318. The summed E-state index contributed by atoms with van der Waals surface area (Å²) in [5, 5.41) is 2.84. The Morgan fingerprint density at radius 2 is 2.03 bits per heavy atom. The third kappa shape index (κ3) is 4.11. The van der Waals surface area contributed by atoms with E-state index >= 15 is 0 Å².